The predicted octanol–water partition coefficient (Wildman–Crippen LogP) is 5.15. The van der Waals surface area contributed by atoms with E-state index in [1.54, 1.807) is 46.4 Å². The van der Waals surface area contributed by atoms with Gasteiger partial charge in [0.25, 0.3) is 0 Å². The summed E-state index contributed by atoms with van der Waals surface area (Å²) in [6.45, 7) is 22.7. The van der Waals surface area contributed by atoms with E-state index in [4.69, 9.17) is 14.2 Å². The maximum Gasteiger partial charge on any atom is 0.519 e. The Labute approximate surface area is 226 Å². The van der Waals surface area contributed by atoms with E-state index in [2.05, 4.69) is 20.0 Å². The fourth-order valence-electron chi connectivity index (χ4n) is 2.23. The molecule has 0 unspecified atom stereocenters. The molecule has 11 nitrogen and oxygen atoms in total. The third-order valence-corrected chi connectivity index (χ3v) is 3.46. The SMILES string of the molecule is CC(C)(C)OC(=O)OC(=O)OC(C)(C)C.CC1=NCCN1.CC1=NCCN1C(=O)OC(C)(C)C.I. The Morgan fingerprint density at radius 1 is 0.771 bits per heavy atom. The van der Waals surface area contributed by atoms with Gasteiger partial charge >= 0.3 is 18.4 Å². The second-order valence-electron chi connectivity index (χ2n) is 10.5. The Morgan fingerprint density at radius 2 is 1.23 bits per heavy atom. The molecule has 1 N–H and O–H groups in total. The second-order valence-corrected chi connectivity index (χ2v) is 10.5. The zero-order valence-corrected chi connectivity index (χ0v) is 25.3. The first kappa shape index (κ1) is 35.0. The van der Waals surface area contributed by atoms with Gasteiger partial charge in [-0.1, -0.05) is 0 Å². The molecule has 12 heteroatoms. The summed E-state index contributed by atoms with van der Waals surface area (Å²) in [4.78, 5) is 43.2. The molecule has 0 saturated heterocycles. The highest BCUT2D eigenvalue weighted by Gasteiger charge is 2.26. The lowest BCUT2D eigenvalue weighted by Gasteiger charge is -2.24. The first-order valence-corrected chi connectivity index (χ1v) is 11.2. The van der Waals surface area contributed by atoms with Crippen molar-refractivity contribution in [1.29, 1.82) is 0 Å². The highest BCUT2D eigenvalue weighted by atomic mass is 127. The molecule has 204 valence electrons. The number of halogens is 1. The number of ether oxygens (including phenoxy) is 4. The van der Waals surface area contributed by atoms with Crippen molar-refractivity contribution in [2.75, 3.05) is 26.2 Å². The molecular weight excluding hydrogens is 571 g/mol. The van der Waals surface area contributed by atoms with Gasteiger partial charge in [-0.25, -0.2) is 14.4 Å². The molecule has 35 heavy (non-hydrogen) atoms. The molecule has 0 saturated carbocycles. The quantitative estimate of drug-likeness (QED) is 0.172. The second kappa shape index (κ2) is 15.1. The summed E-state index contributed by atoms with van der Waals surface area (Å²) in [5, 5.41) is 3.07. The summed E-state index contributed by atoms with van der Waals surface area (Å²) in [6.07, 6.45) is -2.42. The number of aliphatic imine (C=N–C) groups is 2. The van der Waals surface area contributed by atoms with E-state index in [1.807, 2.05) is 34.6 Å². The molecule has 0 fully saturated rings. The lowest BCUT2D eigenvalue weighted by Crippen LogP contribution is -2.37. The Bertz CT molecular complexity index is 737. The molecule has 0 spiro atoms. The van der Waals surface area contributed by atoms with Crippen LogP contribution in [0.3, 0.4) is 0 Å². The van der Waals surface area contributed by atoms with E-state index in [0.29, 0.717) is 13.1 Å². The first-order valence-electron chi connectivity index (χ1n) is 11.2. The number of hydrogen-bond donors (Lipinski definition) is 1. The number of carbonyl (C=O) groups excluding carboxylic acids is 3. The zero-order chi connectivity index (χ0) is 26.7. The molecule has 2 heterocycles. The van der Waals surface area contributed by atoms with Crippen LogP contribution in [0.2, 0.25) is 0 Å². The fraction of sp³-hybridized carbons (Fsp3) is 0.783. The van der Waals surface area contributed by atoms with E-state index in [-0.39, 0.29) is 30.1 Å². The average molecular weight is 615 g/mol. The number of carbonyl (C=O) groups is 3. The standard InChI is InChI=1S/C10H18O5.C9H16N2O2.C4H8N2.HI/c1-9(2,3)14-7(11)13-8(12)15-10(4,5)6;1-7-10-5-6-11(7)8(12)13-9(2,3)4;1-4-5-2-3-6-4;/h1-6H3;5-6H2,1-4H3;2-3H2,1H3,(H,5,6);1H. The largest absolute Gasteiger partial charge is 0.519 e. The molecule has 0 atom stereocenters. The highest BCUT2D eigenvalue weighted by Crippen LogP contribution is 2.13. The number of amides is 1. The van der Waals surface area contributed by atoms with E-state index >= 15 is 0 Å². The van der Waals surface area contributed by atoms with Crippen LogP contribution in [-0.4, -0.2) is 78.0 Å². The molecule has 2 aliphatic heterocycles. The molecule has 0 aromatic carbocycles. The van der Waals surface area contributed by atoms with Crippen molar-refractivity contribution in [3.8, 4) is 0 Å². The average Bonchev–Trinajstić information content (AvgIpc) is 3.21. The van der Waals surface area contributed by atoms with Gasteiger partial charge in [0.05, 0.1) is 25.5 Å². The van der Waals surface area contributed by atoms with Gasteiger partial charge in [-0.3, -0.25) is 14.9 Å². The highest BCUT2D eigenvalue weighted by molar-refractivity contribution is 14.0. The summed E-state index contributed by atoms with van der Waals surface area (Å²) in [6, 6.07) is 0. The van der Waals surface area contributed by atoms with Crippen LogP contribution in [0.15, 0.2) is 9.98 Å². The van der Waals surface area contributed by atoms with Crippen LogP contribution in [0.1, 0.15) is 76.2 Å². The maximum absolute atomic E-state index is 11.5. The molecular formula is C23H43IN4O7. The number of hydrogen-bond acceptors (Lipinski definition) is 10. The van der Waals surface area contributed by atoms with Crippen LogP contribution in [0, 0.1) is 0 Å². The van der Waals surface area contributed by atoms with Gasteiger partial charge in [0, 0.05) is 6.54 Å². The summed E-state index contributed by atoms with van der Waals surface area (Å²) < 4.78 is 19.0. The zero-order valence-electron chi connectivity index (χ0n) is 22.9. The van der Waals surface area contributed by atoms with Crippen LogP contribution in [0.4, 0.5) is 14.4 Å². The maximum atomic E-state index is 11.5. The molecule has 0 bridgehead atoms. The van der Waals surface area contributed by atoms with Crippen molar-refractivity contribution in [3.05, 3.63) is 0 Å². The van der Waals surface area contributed by atoms with Crippen LogP contribution < -0.4 is 5.32 Å². The summed E-state index contributed by atoms with van der Waals surface area (Å²) in [7, 11) is 0. The number of rotatable bonds is 0. The summed E-state index contributed by atoms with van der Waals surface area (Å²) >= 11 is 0. The van der Waals surface area contributed by atoms with Crippen molar-refractivity contribution in [3.63, 3.8) is 0 Å². The number of nitrogens with one attached hydrogen (secondary N) is 1. The van der Waals surface area contributed by atoms with Crippen molar-refractivity contribution >= 4 is 54.1 Å². The van der Waals surface area contributed by atoms with Crippen molar-refractivity contribution in [2.24, 2.45) is 9.98 Å². The molecule has 2 rings (SSSR count). The van der Waals surface area contributed by atoms with Crippen LogP contribution >= 0.6 is 24.0 Å². The number of nitrogens with zero attached hydrogens (tertiary/aromatic N) is 3. The lowest BCUT2D eigenvalue weighted by molar-refractivity contribution is -0.0294. The van der Waals surface area contributed by atoms with Gasteiger partial charge in [0.1, 0.15) is 22.6 Å². The predicted molar refractivity (Wildman–Crippen MR) is 146 cm³/mol. The van der Waals surface area contributed by atoms with Crippen molar-refractivity contribution in [2.45, 2.75) is 93.0 Å². The minimum absolute atomic E-state index is 0. The van der Waals surface area contributed by atoms with Gasteiger partial charge in [-0.15, -0.1) is 24.0 Å². The molecule has 1 amide bonds. The van der Waals surface area contributed by atoms with Gasteiger partial charge in [-0.2, -0.15) is 0 Å². The Hall–Kier alpha value is -2.12. The van der Waals surface area contributed by atoms with Crippen molar-refractivity contribution < 1.29 is 33.3 Å². The topological polar surface area (TPSA) is 128 Å². The monoisotopic (exact) mass is 614 g/mol. The minimum Gasteiger partial charge on any atom is -0.443 e. The molecule has 0 aliphatic carbocycles. The summed E-state index contributed by atoms with van der Waals surface area (Å²) in [5.74, 6) is 1.82. The third kappa shape index (κ3) is 19.8. The minimum atomic E-state index is -1.06. The van der Waals surface area contributed by atoms with E-state index < -0.39 is 29.1 Å². The van der Waals surface area contributed by atoms with E-state index in [0.717, 1.165) is 24.8 Å². The van der Waals surface area contributed by atoms with Gasteiger partial charge in [-0.05, 0) is 76.2 Å². The lowest BCUT2D eigenvalue weighted by atomic mass is 10.2. The normalized spacial score (nSPS) is 14.9. The fourth-order valence-corrected chi connectivity index (χ4v) is 2.23. The molecule has 2 aliphatic rings. The Kier molecular flexibility index (Phi) is 15.1. The van der Waals surface area contributed by atoms with Gasteiger partial charge < -0.3 is 24.3 Å². The van der Waals surface area contributed by atoms with Crippen molar-refractivity contribution in [1.82, 2.24) is 10.2 Å². The molecule has 0 radical (unpaired) electrons. The van der Waals surface area contributed by atoms with E-state index in [1.165, 1.54) is 0 Å². The van der Waals surface area contributed by atoms with Crippen LogP contribution in [-0.2, 0) is 18.9 Å². The molecule has 0 aromatic rings. The third-order valence-electron chi connectivity index (χ3n) is 3.46. The van der Waals surface area contributed by atoms with E-state index in [9.17, 15) is 14.4 Å². The first-order chi connectivity index (χ1) is 15.3. The summed E-state index contributed by atoms with van der Waals surface area (Å²) in [5.41, 5.74) is -1.82. The number of amidine groups is 2. The van der Waals surface area contributed by atoms with Crippen LogP contribution in [0.5, 0.6) is 0 Å². The van der Waals surface area contributed by atoms with Crippen LogP contribution in [0.25, 0.3) is 0 Å². The van der Waals surface area contributed by atoms with Gasteiger partial charge in [0.2, 0.25) is 0 Å². The Balaban J connectivity index is 0. The Morgan fingerprint density at radius 3 is 1.49 bits per heavy atom. The van der Waals surface area contributed by atoms with Gasteiger partial charge in [0.15, 0.2) is 0 Å². The molecule has 0 aromatic heterocycles. The smallest absolute Gasteiger partial charge is 0.443 e.